The molecular formula is C15H28N2O. The minimum absolute atomic E-state index is 0.274. The molecule has 1 saturated carbocycles. The van der Waals surface area contributed by atoms with Crippen LogP contribution in [0.3, 0.4) is 0 Å². The summed E-state index contributed by atoms with van der Waals surface area (Å²) in [5.74, 6) is 1.46. The number of ether oxygens (including phenoxy) is 1. The van der Waals surface area contributed by atoms with Crippen LogP contribution in [0.4, 0.5) is 0 Å². The molecule has 1 N–H and O–H groups in total. The third-order valence-corrected chi connectivity index (χ3v) is 4.48. The van der Waals surface area contributed by atoms with Crippen LogP contribution in [0.1, 0.15) is 58.8 Å². The van der Waals surface area contributed by atoms with Crippen LogP contribution >= 0.6 is 0 Å². The molecule has 104 valence electrons. The monoisotopic (exact) mass is 252 g/mol. The Kier molecular flexibility index (Phi) is 4.66. The van der Waals surface area contributed by atoms with E-state index in [1.165, 1.54) is 32.1 Å². The highest BCUT2D eigenvalue weighted by Gasteiger charge is 2.42. The Labute approximate surface area is 111 Å². The van der Waals surface area contributed by atoms with Gasteiger partial charge in [-0.1, -0.05) is 13.3 Å². The maximum atomic E-state index is 8.62. The number of piperidine rings is 1. The highest BCUT2D eigenvalue weighted by Crippen LogP contribution is 2.37. The molecule has 0 spiro atoms. The Hall–Kier alpha value is -0.570. The van der Waals surface area contributed by atoms with Crippen molar-refractivity contribution < 1.29 is 4.74 Å². The molecule has 2 atom stereocenters. The molecule has 0 aromatic rings. The molecule has 2 rings (SSSR count). The maximum Gasteiger partial charge on any atom is 0.129 e. The van der Waals surface area contributed by atoms with Crippen molar-refractivity contribution in [1.82, 2.24) is 4.90 Å². The molecule has 2 fully saturated rings. The molecule has 0 radical (unpaired) electrons. The van der Waals surface area contributed by atoms with Gasteiger partial charge >= 0.3 is 0 Å². The van der Waals surface area contributed by atoms with E-state index < -0.39 is 0 Å². The summed E-state index contributed by atoms with van der Waals surface area (Å²) in [7, 11) is 0. The smallest absolute Gasteiger partial charge is 0.129 e. The molecule has 1 heterocycles. The van der Waals surface area contributed by atoms with Crippen molar-refractivity contribution in [3.63, 3.8) is 0 Å². The minimum atomic E-state index is -0.274. The van der Waals surface area contributed by atoms with Gasteiger partial charge in [0.25, 0.3) is 0 Å². The summed E-state index contributed by atoms with van der Waals surface area (Å²) >= 11 is 0. The summed E-state index contributed by atoms with van der Waals surface area (Å²) in [5.41, 5.74) is -0.274. The lowest BCUT2D eigenvalue weighted by Gasteiger charge is -2.44. The third kappa shape index (κ3) is 2.87. The second-order valence-electron chi connectivity index (χ2n) is 6.03. The van der Waals surface area contributed by atoms with Crippen molar-refractivity contribution >= 4 is 5.84 Å². The Morgan fingerprint density at radius 3 is 2.61 bits per heavy atom. The number of likely N-dealkylation sites (tertiary alicyclic amines) is 1. The molecule has 3 nitrogen and oxygen atoms in total. The summed E-state index contributed by atoms with van der Waals surface area (Å²) in [6.45, 7) is 7.20. The van der Waals surface area contributed by atoms with E-state index in [4.69, 9.17) is 10.1 Å². The van der Waals surface area contributed by atoms with Crippen molar-refractivity contribution in [2.24, 2.45) is 5.92 Å². The predicted molar refractivity (Wildman–Crippen MR) is 75.1 cm³/mol. The average molecular weight is 252 g/mol. The lowest BCUT2D eigenvalue weighted by atomic mass is 9.77. The van der Waals surface area contributed by atoms with Gasteiger partial charge in [-0.05, 0) is 51.4 Å². The van der Waals surface area contributed by atoms with Gasteiger partial charge < -0.3 is 9.64 Å². The first-order valence-corrected chi connectivity index (χ1v) is 7.66. The molecule has 2 aliphatic rings. The second-order valence-corrected chi connectivity index (χ2v) is 6.03. The molecule has 0 bridgehead atoms. The quantitative estimate of drug-likeness (QED) is 0.617. The van der Waals surface area contributed by atoms with Crippen molar-refractivity contribution in [2.45, 2.75) is 64.4 Å². The fourth-order valence-electron chi connectivity index (χ4n) is 3.60. The summed E-state index contributed by atoms with van der Waals surface area (Å²) in [6, 6.07) is 0. The molecule has 1 aliphatic carbocycles. The summed E-state index contributed by atoms with van der Waals surface area (Å²) in [6.07, 6.45) is 8.37. The molecule has 2 unspecified atom stereocenters. The minimum Gasteiger partial charge on any atom is -0.367 e. The van der Waals surface area contributed by atoms with E-state index >= 15 is 0 Å². The Bertz CT molecular complexity index is 282. The van der Waals surface area contributed by atoms with Crippen LogP contribution < -0.4 is 0 Å². The molecular weight excluding hydrogens is 224 g/mol. The van der Waals surface area contributed by atoms with Gasteiger partial charge in [0.15, 0.2) is 0 Å². The summed E-state index contributed by atoms with van der Waals surface area (Å²) < 4.78 is 6.09. The Morgan fingerprint density at radius 1 is 1.28 bits per heavy atom. The third-order valence-electron chi connectivity index (χ3n) is 4.48. The molecule has 1 aliphatic heterocycles. The molecule has 0 aromatic carbocycles. The lowest BCUT2D eigenvalue weighted by Crippen LogP contribution is -2.53. The summed E-state index contributed by atoms with van der Waals surface area (Å²) in [5, 5.41) is 8.62. The van der Waals surface area contributed by atoms with Crippen molar-refractivity contribution in [3.8, 4) is 0 Å². The fourth-order valence-corrected chi connectivity index (χ4v) is 3.60. The van der Waals surface area contributed by atoms with Crippen LogP contribution in [0.2, 0.25) is 0 Å². The predicted octanol–water partition coefficient (Wildman–Crippen LogP) is 3.43. The average Bonchev–Trinajstić information content (AvgIpc) is 2.39. The van der Waals surface area contributed by atoms with Gasteiger partial charge in [-0.25, -0.2) is 0 Å². The van der Waals surface area contributed by atoms with Gasteiger partial charge in [0.05, 0.1) is 0 Å². The number of amidine groups is 1. The maximum absolute atomic E-state index is 8.62. The number of rotatable bonds is 3. The van der Waals surface area contributed by atoms with E-state index in [0.717, 1.165) is 38.4 Å². The van der Waals surface area contributed by atoms with E-state index in [1.54, 1.807) is 0 Å². The van der Waals surface area contributed by atoms with Gasteiger partial charge in [-0.15, -0.1) is 0 Å². The zero-order chi connectivity index (χ0) is 13.0. The number of nitrogens with zero attached hydrogens (tertiary/aromatic N) is 1. The van der Waals surface area contributed by atoms with Crippen LogP contribution in [-0.2, 0) is 4.74 Å². The number of nitrogens with one attached hydrogen (secondary N) is 1. The molecule has 0 amide bonds. The normalized spacial score (nSPS) is 33.4. The highest BCUT2D eigenvalue weighted by atomic mass is 16.5. The zero-order valence-electron chi connectivity index (χ0n) is 12.0. The van der Waals surface area contributed by atoms with Crippen molar-refractivity contribution in [1.29, 1.82) is 5.41 Å². The molecule has 3 heteroatoms. The van der Waals surface area contributed by atoms with Crippen molar-refractivity contribution in [2.75, 3.05) is 19.7 Å². The van der Waals surface area contributed by atoms with Crippen molar-refractivity contribution in [3.05, 3.63) is 0 Å². The van der Waals surface area contributed by atoms with Gasteiger partial charge in [0, 0.05) is 19.7 Å². The first-order chi connectivity index (χ1) is 8.68. The molecule has 0 aromatic heterocycles. The van der Waals surface area contributed by atoms with Gasteiger partial charge in [-0.3, -0.25) is 5.41 Å². The summed E-state index contributed by atoms with van der Waals surface area (Å²) in [4.78, 5) is 2.28. The largest absolute Gasteiger partial charge is 0.367 e. The van der Waals surface area contributed by atoms with E-state index in [2.05, 4.69) is 18.7 Å². The first-order valence-electron chi connectivity index (χ1n) is 7.66. The van der Waals surface area contributed by atoms with Crippen LogP contribution in [-0.4, -0.2) is 36.0 Å². The van der Waals surface area contributed by atoms with Gasteiger partial charge in [0.2, 0.25) is 0 Å². The SMILES string of the molecule is CCOC1(C(=N)N2CCCCC2)CCCC(C)C1. The van der Waals surface area contributed by atoms with Crippen LogP contribution in [0.15, 0.2) is 0 Å². The van der Waals surface area contributed by atoms with Gasteiger partial charge in [0.1, 0.15) is 11.4 Å². The zero-order valence-corrected chi connectivity index (χ0v) is 12.0. The molecule has 18 heavy (non-hydrogen) atoms. The second kappa shape index (κ2) is 6.05. The van der Waals surface area contributed by atoms with Gasteiger partial charge in [-0.2, -0.15) is 0 Å². The van der Waals surface area contributed by atoms with E-state index in [-0.39, 0.29) is 5.60 Å². The lowest BCUT2D eigenvalue weighted by molar-refractivity contribution is -0.0332. The fraction of sp³-hybridized carbons (Fsp3) is 0.933. The standard InChI is InChI=1S/C15H28N2O/c1-3-18-15(9-7-8-13(2)12-15)14(16)17-10-5-4-6-11-17/h13,16H,3-12H2,1-2H3. The van der Waals surface area contributed by atoms with E-state index in [9.17, 15) is 0 Å². The topological polar surface area (TPSA) is 36.3 Å². The van der Waals surface area contributed by atoms with E-state index in [1.807, 2.05) is 0 Å². The highest BCUT2D eigenvalue weighted by molar-refractivity contribution is 5.88. The molecule has 1 saturated heterocycles. The van der Waals surface area contributed by atoms with Crippen LogP contribution in [0.25, 0.3) is 0 Å². The number of hydrogen-bond donors (Lipinski definition) is 1. The Balaban J connectivity index is 2.09. The Morgan fingerprint density at radius 2 is 2.00 bits per heavy atom. The first kappa shape index (κ1) is 13.9. The van der Waals surface area contributed by atoms with E-state index in [0.29, 0.717) is 5.92 Å². The van der Waals surface area contributed by atoms with Crippen LogP contribution in [0, 0.1) is 11.3 Å². The van der Waals surface area contributed by atoms with Crippen LogP contribution in [0.5, 0.6) is 0 Å². The number of hydrogen-bond acceptors (Lipinski definition) is 2.